The van der Waals surface area contributed by atoms with Crippen LogP contribution < -0.4 is 9.46 Å². The number of nitrogens with zero attached hydrogens (tertiary/aromatic N) is 4. The van der Waals surface area contributed by atoms with Crippen LogP contribution in [0.1, 0.15) is 41.9 Å². The summed E-state index contributed by atoms with van der Waals surface area (Å²) in [6, 6.07) is 6.22. The van der Waals surface area contributed by atoms with Crippen LogP contribution in [0.2, 0.25) is 0 Å². The number of hydrogen-bond donors (Lipinski definition) is 1. The van der Waals surface area contributed by atoms with Crippen LogP contribution >= 0.6 is 0 Å². The van der Waals surface area contributed by atoms with Gasteiger partial charge in [-0.2, -0.15) is 26.3 Å². The molecule has 1 aliphatic rings. The zero-order valence-corrected chi connectivity index (χ0v) is 22.1. The van der Waals surface area contributed by atoms with Crippen LogP contribution in [0.3, 0.4) is 0 Å². The van der Waals surface area contributed by atoms with Crippen molar-refractivity contribution in [2.75, 3.05) is 18.8 Å². The van der Waals surface area contributed by atoms with Gasteiger partial charge in [-0.1, -0.05) is 18.2 Å². The van der Waals surface area contributed by atoms with Crippen LogP contribution in [-0.4, -0.2) is 54.5 Å². The van der Waals surface area contributed by atoms with Crippen LogP contribution in [-0.2, 0) is 22.4 Å². The fourth-order valence-electron chi connectivity index (χ4n) is 4.64. The molecule has 1 aromatic carbocycles. The Morgan fingerprint density at radius 3 is 2.38 bits per heavy atom. The second kappa shape index (κ2) is 11.2. The molecular formula is C25H25F6N5O3S. The van der Waals surface area contributed by atoms with Gasteiger partial charge in [-0.25, -0.2) is 23.4 Å². The number of aromatic nitrogens is 3. The van der Waals surface area contributed by atoms with E-state index in [1.165, 1.54) is 18.3 Å². The van der Waals surface area contributed by atoms with E-state index in [-0.39, 0.29) is 18.2 Å². The van der Waals surface area contributed by atoms with Crippen molar-refractivity contribution in [2.24, 2.45) is 0 Å². The average Bonchev–Trinajstić information content (AvgIpc) is 2.88. The molecule has 0 radical (unpaired) electrons. The van der Waals surface area contributed by atoms with Crippen LogP contribution in [0.5, 0.6) is 5.88 Å². The third kappa shape index (κ3) is 6.81. The molecule has 2 aromatic heterocycles. The number of alkyl halides is 6. The summed E-state index contributed by atoms with van der Waals surface area (Å²) in [4.78, 5) is 12.0. The molecule has 0 spiro atoms. The van der Waals surface area contributed by atoms with Gasteiger partial charge >= 0.3 is 12.4 Å². The topological polar surface area (TPSA) is 97.3 Å². The molecule has 1 aliphatic carbocycles. The largest absolute Gasteiger partial charge is 0.472 e. The van der Waals surface area contributed by atoms with Crippen molar-refractivity contribution in [2.45, 2.75) is 54.6 Å². The molecule has 0 bridgehead atoms. The van der Waals surface area contributed by atoms with E-state index in [1.54, 1.807) is 25.1 Å². The predicted molar refractivity (Wildman–Crippen MR) is 132 cm³/mol. The maximum absolute atomic E-state index is 14.0. The summed E-state index contributed by atoms with van der Waals surface area (Å²) in [5.41, 5.74) is -1.66. The van der Waals surface area contributed by atoms with Crippen LogP contribution in [0.15, 0.2) is 60.0 Å². The first-order valence-electron chi connectivity index (χ1n) is 12.0. The van der Waals surface area contributed by atoms with Gasteiger partial charge < -0.3 is 9.64 Å². The fraction of sp³-hybridized carbons (Fsp3) is 0.400. The number of ether oxygens (including phenoxy) is 1. The number of rotatable bonds is 7. The monoisotopic (exact) mass is 589 g/mol. The highest BCUT2D eigenvalue weighted by molar-refractivity contribution is 7.92. The Labute approximate surface area is 226 Å². The Morgan fingerprint density at radius 2 is 1.75 bits per heavy atom. The predicted octanol–water partition coefficient (Wildman–Crippen LogP) is 5.36. The minimum Gasteiger partial charge on any atom is -0.472 e. The highest BCUT2D eigenvalue weighted by Gasteiger charge is 2.40. The van der Waals surface area contributed by atoms with Gasteiger partial charge in [-0.15, -0.1) is 0 Å². The molecule has 8 nitrogen and oxygen atoms in total. The lowest BCUT2D eigenvalue weighted by atomic mass is 9.79. The third-order valence-electron chi connectivity index (χ3n) is 6.63. The number of likely N-dealkylation sites (N-methyl/N-ethyl adjacent to an activating group) is 1. The molecule has 1 N–H and O–H groups in total. The standard InChI is InChI=1S/C25H25F6N5O3S/c1-36(2)20-11-16(15-4-3-5-17(10-15)24(26,27)28)6-7-21(20)39-23-19(25(29,30)31)12-18(13-33-23)40(37,38)35-22-8-9-32-14-34-22/h3-5,8-10,12-14,16,20-21H,6-7,11H2,1-2H3,(H,32,34,35). The van der Waals surface area contributed by atoms with Crippen molar-refractivity contribution >= 4 is 15.8 Å². The van der Waals surface area contributed by atoms with Crippen molar-refractivity contribution in [3.63, 3.8) is 0 Å². The minimum atomic E-state index is -4.99. The van der Waals surface area contributed by atoms with Gasteiger partial charge in [0.05, 0.1) is 11.8 Å². The zero-order chi connectivity index (χ0) is 29.3. The van der Waals surface area contributed by atoms with E-state index in [2.05, 4.69) is 19.7 Å². The molecule has 2 heterocycles. The normalized spacial score (nSPS) is 20.4. The Bertz CT molecular complexity index is 1430. The summed E-state index contributed by atoms with van der Waals surface area (Å²) in [7, 11) is -1.08. The first-order chi connectivity index (χ1) is 18.6. The summed E-state index contributed by atoms with van der Waals surface area (Å²) < 4.78 is 115. The lowest BCUT2D eigenvalue weighted by Crippen LogP contribution is -2.46. The molecular weight excluding hydrogens is 564 g/mol. The molecule has 3 unspecified atom stereocenters. The molecule has 3 atom stereocenters. The van der Waals surface area contributed by atoms with Crippen LogP contribution in [0, 0.1) is 0 Å². The molecule has 40 heavy (non-hydrogen) atoms. The molecule has 0 aliphatic heterocycles. The van der Waals surface area contributed by atoms with Gasteiger partial charge in [0.25, 0.3) is 10.0 Å². The van der Waals surface area contributed by atoms with E-state index in [9.17, 15) is 34.8 Å². The highest BCUT2D eigenvalue weighted by atomic mass is 32.2. The third-order valence-corrected chi connectivity index (χ3v) is 7.95. The Morgan fingerprint density at radius 1 is 1.00 bits per heavy atom. The molecule has 3 aromatic rings. The van der Waals surface area contributed by atoms with Crippen LogP contribution in [0.25, 0.3) is 0 Å². The quantitative estimate of drug-likeness (QED) is 0.371. The van der Waals surface area contributed by atoms with E-state index in [0.29, 0.717) is 24.5 Å². The number of halogens is 6. The molecule has 0 amide bonds. The van der Waals surface area contributed by atoms with Crippen molar-refractivity contribution < 1.29 is 39.5 Å². The second-order valence-corrected chi connectivity index (χ2v) is 11.2. The average molecular weight is 590 g/mol. The Hall–Kier alpha value is -3.46. The van der Waals surface area contributed by atoms with Gasteiger partial charge in [0.15, 0.2) is 0 Å². The summed E-state index contributed by atoms with van der Waals surface area (Å²) >= 11 is 0. The number of benzene rings is 1. The van der Waals surface area contributed by atoms with E-state index < -0.39 is 56.4 Å². The van der Waals surface area contributed by atoms with Gasteiger partial charge in [0.1, 0.15) is 28.7 Å². The van der Waals surface area contributed by atoms with Gasteiger partial charge in [0, 0.05) is 12.2 Å². The second-order valence-electron chi connectivity index (χ2n) is 9.54. The van der Waals surface area contributed by atoms with E-state index in [1.807, 2.05) is 0 Å². The maximum Gasteiger partial charge on any atom is 0.421 e. The Balaban J connectivity index is 1.58. The number of nitrogens with one attached hydrogen (secondary N) is 1. The zero-order valence-electron chi connectivity index (χ0n) is 21.2. The summed E-state index contributed by atoms with van der Waals surface area (Å²) in [6.45, 7) is 0. The van der Waals surface area contributed by atoms with Crippen molar-refractivity contribution in [1.29, 1.82) is 0 Å². The summed E-state index contributed by atoms with van der Waals surface area (Å²) in [6.07, 6.45) is -6.27. The highest BCUT2D eigenvalue weighted by Crippen LogP contribution is 2.41. The first kappa shape index (κ1) is 29.5. The molecule has 1 saturated carbocycles. The molecule has 0 saturated heterocycles. The van der Waals surface area contributed by atoms with Gasteiger partial charge in [0.2, 0.25) is 5.88 Å². The summed E-state index contributed by atoms with van der Waals surface area (Å²) in [5.74, 6) is -1.21. The van der Waals surface area contributed by atoms with E-state index in [0.717, 1.165) is 24.7 Å². The van der Waals surface area contributed by atoms with Gasteiger partial charge in [-0.05, 0) is 63.0 Å². The number of pyridine rings is 1. The lowest BCUT2D eigenvalue weighted by molar-refractivity contribution is -0.140. The Kier molecular flexibility index (Phi) is 8.26. The number of anilines is 1. The first-order valence-corrected chi connectivity index (χ1v) is 13.5. The number of hydrogen-bond acceptors (Lipinski definition) is 7. The van der Waals surface area contributed by atoms with Crippen molar-refractivity contribution in [1.82, 2.24) is 19.9 Å². The van der Waals surface area contributed by atoms with E-state index >= 15 is 0 Å². The van der Waals surface area contributed by atoms with Crippen molar-refractivity contribution in [3.05, 3.63) is 71.8 Å². The van der Waals surface area contributed by atoms with Crippen LogP contribution in [0.4, 0.5) is 32.2 Å². The molecule has 4 rings (SSSR count). The number of sulfonamides is 1. The SMILES string of the molecule is CN(C)C1CC(c2cccc(C(F)(F)F)c2)CCC1Oc1ncc(S(=O)(=O)Nc2ccncn2)cc1C(F)(F)F. The molecule has 1 fully saturated rings. The smallest absolute Gasteiger partial charge is 0.421 e. The minimum absolute atomic E-state index is 0.143. The molecule has 15 heteroatoms. The lowest BCUT2D eigenvalue weighted by Gasteiger charge is -2.40. The van der Waals surface area contributed by atoms with Crippen molar-refractivity contribution in [3.8, 4) is 5.88 Å². The summed E-state index contributed by atoms with van der Waals surface area (Å²) in [5, 5.41) is 0. The van der Waals surface area contributed by atoms with Gasteiger partial charge in [-0.3, -0.25) is 4.72 Å². The maximum atomic E-state index is 14.0. The fourth-order valence-corrected chi connectivity index (χ4v) is 5.62. The van der Waals surface area contributed by atoms with E-state index in [4.69, 9.17) is 4.74 Å². The molecule has 216 valence electrons.